The lowest BCUT2D eigenvalue weighted by molar-refractivity contribution is 0.245. The van der Waals surface area contributed by atoms with E-state index in [9.17, 15) is 9.50 Å². The van der Waals surface area contributed by atoms with Crippen LogP contribution in [0.4, 0.5) is 4.39 Å². The van der Waals surface area contributed by atoms with Gasteiger partial charge >= 0.3 is 0 Å². The first kappa shape index (κ1) is 7.40. The van der Waals surface area contributed by atoms with Crippen molar-refractivity contribution in [1.82, 2.24) is 0 Å². The second-order valence-electron chi connectivity index (χ2n) is 3.01. The van der Waals surface area contributed by atoms with E-state index in [1.807, 2.05) is 6.92 Å². The quantitative estimate of drug-likeness (QED) is 0.640. The van der Waals surface area contributed by atoms with Crippen LogP contribution in [0.1, 0.15) is 12.5 Å². The molecule has 1 aliphatic rings. The fourth-order valence-corrected chi connectivity index (χ4v) is 1.44. The zero-order chi connectivity index (χ0) is 8.72. The number of aromatic hydroxyl groups is 1. The number of phenolic OH excluding ortho intramolecular Hbond substituents is 1. The molecular formula is C9H9FO2. The maximum Gasteiger partial charge on any atom is 0.165 e. The molecule has 1 aromatic carbocycles. The van der Waals surface area contributed by atoms with Gasteiger partial charge in [-0.3, -0.25) is 0 Å². The van der Waals surface area contributed by atoms with Crippen molar-refractivity contribution < 1.29 is 14.2 Å². The fourth-order valence-electron chi connectivity index (χ4n) is 1.44. The number of halogens is 1. The summed E-state index contributed by atoms with van der Waals surface area (Å²) in [6, 6.07) is 2.57. The third-order valence-electron chi connectivity index (χ3n) is 2.00. The van der Waals surface area contributed by atoms with Crippen molar-refractivity contribution in [3.8, 4) is 11.5 Å². The molecule has 1 unspecified atom stereocenters. The predicted molar refractivity (Wildman–Crippen MR) is 41.9 cm³/mol. The van der Waals surface area contributed by atoms with Gasteiger partial charge in [-0.25, -0.2) is 4.39 Å². The van der Waals surface area contributed by atoms with Crippen LogP contribution in [0.3, 0.4) is 0 Å². The molecule has 0 saturated heterocycles. The first-order valence-electron chi connectivity index (χ1n) is 3.85. The number of phenols is 1. The Bertz CT molecular complexity index is 292. The Hall–Kier alpha value is -1.25. The van der Waals surface area contributed by atoms with Crippen LogP contribution >= 0.6 is 0 Å². The Morgan fingerprint density at radius 1 is 1.58 bits per heavy atom. The van der Waals surface area contributed by atoms with Gasteiger partial charge in [0.15, 0.2) is 11.6 Å². The van der Waals surface area contributed by atoms with Gasteiger partial charge in [0.25, 0.3) is 0 Å². The lowest BCUT2D eigenvalue weighted by Crippen LogP contribution is -2.05. The molecule has 0 saturated carbocycles. The standard InChI is InChI=1S/C9H9FO2/c1-5-4-6-8(11)3-2-7(10)9(6)12-5/h2-3,5,11H,4H2,1H3. The number of hydrogen-bond acceptors (Lipinski definition) is 2. The van der Waals surface area contributed by atoms with Crippen molar-refractivity contribution in [1.29, 1.82) is 0 Å². The Morgan fingerprint density at radius 3 is 3.00 bits per heavy atom. The molecule has 2 rings (SSSR count). The molecule has 12 heavy (non-hydrogen) atoms. The molecule has 0 aliphatic carbocycles. The summed E-state index contributed by atoms with van der Waals surface area (Å²) in [4.78, 5) is 0. The molecular weight excluding hydrogens is 159 g/mol. The molecule has 0 aromatic heterocycles. The van der Waals surface area contributed by atoms with Gasteiger partial charge in [0.1, 0.15) is 11.9 Å². The molecule has 0 radical (unpaired) electrons. The van der Waals surface area contributed by atoms with Crippen LogP contribution in [0.15, 0.2) is 12.1 Å². The summed E-state index contributed by atoms with van der Waals surface area (Å²) in [6.07, 6.45) is 0.543. The van der Waals surface area contributed by atoms with Crippen molar-refractivity contribution in [3.05, 3.63) is 23.5 Å². The molecule has 3 heteroatoms. The third kappa shape index (κ3) is 0.932. The minimum Gasteiger partial charge on any atom is -0.508 e. The van der Waals surface area contributed by atoms with Crippen LogP contribution in [-0.2, 0) is 6.42 Å². The fraction of sp³-hybridized carbons (Fsp3) is 0.333. The molecule has 1 aromatic rings. The van der Waals surface area contributed by atoms with E-state index in [1.165, 1.54) is 12.1 Å². The third-order valence-corrected chi connectivity index (χ3v) is 2.00. The summed E-state index contributed by atoms with van der Waals surface area (Å²) in [5, 5.41) is 9.33. The van der Waals surface area contributed by atoms with Gasteiger partial charge in [0, 0.05) is 12.0 Å². The largest absolute Gasteiger partial charge is 0.508 e. The van der Waals surface area contributed by atoms with E-state index < -0.39 is 5.82 Å². The van der Waals surface area contributed by atoms with Crippen molar-refractivity contribution in [3.63, 3.8) is 0 Å². The number of benzene rings is 1. The van der Waals surface area contributed by atoms with Crippen molar-refractivity contribution in [2.75, 3.05) is 0 Å². The molecule has 2 nitrogen and oxygen atoms in total. The lowest BCUT2D eigenvalue weighted by atomic mass is 10.1. The average Bonchev–Trinajstić information content (AvgIpc) is 2.41. The van der Waals surface area contributed by atoms with E-state index in [-0.39, 0.29) is 17.6 Å². The first-order valence-corrected chi connectivity index (χ1v) is 3.85. The molecule has 1 atom stereocenters. The number of ether oxygens (including phenoxy) is 1. The Morgan fingerprint density at radius 2 is 2.33 bits per heavy atom. The van der Waals surface area contributed by atoms with Gasteiger partial charge in [-0.2, -0.15) is 0 Å². The second-order valence-corrected chi connectivity index (χ2v) is 3.01. The van der Waals surface area contributed by atoms with Gasteiger partial charge in [0.2, 0.25) is 0 Å². The van der Waals surface area contributed by atoms with Crippen LogP contribution in [-0.4, -0.2) is 11.2 Å². The summed E-state index contributed by atoms with van der Waals surface area (Å²) in [5.74, 6) is -0.0644. The first-order chi connectivity index (χ1) is 5.68. The predicted octanol–water partition coefficient (Wildman–Crippen LogP) is 1.85. The highest BCUT2D eigenvalue weighted by molar-refractivity contribution is 5.47. The van der Waals surface area contributed by atoms with E-state index in [1.54, 1.807) is 0 Å². The molecule has 0 fully saturated rings. The highest BCUT2D eigenvalue weighted by Crippen LogP contribution is 2.37. The molecule has 0 bridgehead atoms. The zero-order valence-electron chi connectivity index (χ0n) is 6.67. The van der Waals surface area contributed by atoms with Crippen molar-refractivity contribution in [2.45, 2.75) is 19.4 Å². The summed E-state index contributed by atoms with van der Waals surface area (Å²) in [6.45, 7) is 1.85. The van der Waals surface area contributed by atoms with Crippen LogP contribution in [0.2, 0.25) is 0 Å². The van der Waals surface area contributed by atoms with Crippen molar-refractivity contribution >= 4 is 0 Å². The summed E-state index contributed by atoms with van der Waals surface area (Å²) in [7, 11) is 0. The topological polar surface area (TPSA) is 29.5 Å². The summed E-state index contributed by atoms with van der Waals surface area (Å²) >= 11 is 0. The minimum atomic E-state index is -0.396. The van der Waals surface area contributed by atoms with E-state index in [2.05, 4.69) is 0 Å². The Kier molecular flexibility index (Phi) is 1.46. The number of rotatable bonds is 0. The van der Waals surface area contributed by atoms with Gasteiger partial charge in [0.05, 0.1) is 0 Å². The highest BCUT2D eigenvalue weighted by atomic mass is 19.1. The van der Waals surface area contributed by atoms with Gasteiger partial charge in [-0.05, 0) is 19.1 Å². The van der Waals surface area contributed by atoms with Gasteiger partial charge in [-0.15, -0.1) is 0 Å². The second kappa shape index (κ2) is 2.37. The van der Waals surface area contributed by atoms with Crippen LogP contribution in [0.5, 0.6) is 11.5 Å². The smallest absolute Gasteiger partial charge is 0.165 e. The van der Waals surface area contributed by atoms with E-state index >= 15 is 0 Å². The average molecular weight is 168 g/mol. The molecule has 1 heterocycles. The maximum atomic E-state index is 13.0. The lowest BCUT2D eigenvalue weighted by Gasteiger charge is -2.03. The SMILES string of the molecule is CC1Cc2c(O)ccc(F)c2O1. The number of fused-ring (bicyclic) bond motifs is 1. The van der Waals surface area contributed by atoms with E-state index in [0.29, 0.717) is 12.0 Å². The Labute approximate surface area is 69.6 Å². The van der Waals surface area contributed by atoms with Gasteiger partial charge < -0.3 is 9.84 Å². The van der Waals surface area contributed by atoms with Crippen LogP contribution < -0.4 is 4.74 Å². The van der Waals surface area contributed by atoms with E-state index in [4.69, 9.17) is 4.74 Å². The molecule has 1 aliphatic heterocycles. The maximum absolute atomic E-state index is 13.0. The highest BCUT2D eigenvalue weighted by Gasteiger charge is 2.25. The van der Waals surface area contributed by atoms with Crippen molar-refractivity contribution in [2.24, 2.45) is 0 Å². The summed E-state index contributed by atoms with van der Waals surface area (Å²) < 4.78 is 18.2. The number of hydrogen-bond donors (Lipinski definition) is 1. The van der Waals surface area contributed by atoms with Crippen LogP contribution in [0, 0.1) is 5.82 Å². The molecule has 1 N–H and O–H groups in total. The van der Waals surface area contributed by atoms with Gasteiger partial charge in [-0.1, -0.05) is 0 Å². The molecule has 0 amide bonds. The monoisotopic (exact) mass is 168 g/mol. The normalized spacial score (nSPS) is 20.3. The Balaban J connectivity index is 2.56. The van der Waals surface area contributed by atoms with E-state index in [0.717, 1.165) is 0 Å². The zero-order valence-corrected chi connectivity index (χ0v) is 6.67. The molecule has 0 spiro atoms. The van der Waals surface area contributed by atoms with Crippen LogP contribution in [0.25, 0.3) is 0 Å². The molecule has 64 valence electrons. The summed E-state index contributed by atoms with van der Waals surface area (Å²) in [5.41, 5.74) is 0.586. The minimum absolute atomic E-state index is 0.0391.